The number of nitrogens with two attached hydrogens (primary N) is 1. The van der Waals surface area contributed by atoms with Crippen molar-refractivity contribution >= 4 is 28.5 Å². The van der Waals surface area contributed by atoms with Crippen molar-refractivity contribution < 1.29 is 4.39 Å². The van der Waals surface area contributed by atoms with Crippen LogP contribution < -0.4 is 5.73 Å². The Balaban J connectivity index is 1.82. The standard InChI is InChI=1S/C16H17FN2S2/c17-13-1-4-15(16(18)20)12(7-13)9-19(14-2-3-14)8-11-5-6-21-10-11/h1,4-7,10,14H,2-3,8-9H2,(H2,18,20). The molecule has 1 saturated carbocycles. The summed E-state index contributed by atoms with van der Waals surface area (Å²) in [6.45, 7) is 1.58. The minimum atomic E-state index is -0.240. The van der Waals surface area contributed by atoms with Gasteiger partial charge in [0.2, 0.25) is 0 Å². The van der Waals surface area contributed by atoms with Gasteiger partial charge in [0.1, 0.15) is 10.8 Å². The second-order valence-corrected chi connectivity index (χ2v) is 6.65. The molecule has 5 heteroatoms. The number of benzene rings is 1. The first kappa shape index (κ1) is 14.6. The zero-order valence-electron chi connectivity index (χ0n) is 11.6. The summed E-state index contributed by atoms with van der Waals surface area (Å²) in [5.41, 5.74) is 8.73. The van der Waals surface area contributed by atoms with Crippen molar-refractivity contribution in [1.29, 1.82) is 0 Å². The lowest BCUT2D eigenvalue weighted by Gasteiger charge is -2.23. The van der Waals surface area contributed by atoms with E-state index < -0.39 is 0 Å². The van der Waals surface area contributed by atoms with Gasteiger partial charge in [-0.2, -0.15) is 11.3 Å². The van der Waals surface area contributed by atoms with Crippen LogP contribution in [0.15, 0.2) is 35.0 Å². The van der Waals surface area contributed by atoms with E-state index in [1.165, 1.54) is 24.5 Å². The lowest BCUT2D eigenvalue weighted by atomic mass is 10.1. The molecule has 0 bridgehead atoms. The Labute approximate surface area is 133 Å². The molecule has 0 unspecified atom stereocenters. The Morgan fingerprint density at radius 3 is 2.76 bits per heavy atom. The molecule has 110 valence electrons. The predicted octanol–water partition coefficient (Wildman–Crippen LogP) is 3.69. The second kappa shape index (κ2) is 6.22. The van der Waals surface area contributed by atoms with Gasteiger partial charge in [0.05, 0.1) is 0 Å². The fourth-order valence-electron chi connectivity index (χ4n) is 2.52. The highest BCUT2D eigenvalue weighted by molar-refractivity contribution is 7.80. The third-order valence-electron chi connectivity index (χ3n) is 3.74. The summed E-state index contributed by atoms with van der Waals surface area (Å²) >= 11 is 6.78. The molecule has 1 aliphatic rings. The summed E-state index contributed by atoms with van der Waals surface area (Å²) in [5, 5.41) is 4.25. The molecule has 0 atom stereocenters. The van der Waals surface area contributed by atoms with Gasteiger partial charge in [-0.1, -0.05) is 12.2 Å². The van der Waals surface area contributed by atoms with E-state index >= 15 is 0 Å². The molecular weight excluding hydrogens is 303 g/mol. The van der Waals surface area contributed by atoms with E-state index in [0.717, 1.165) is 17.7 Å². The summed E-state index contributed by atoms with van der Waals surface area (Å²) in [7, 11) is 0. The number of rotatable bonds is 6. The first-order valence-electron chi connectivity index (χ1n) is 6.97. The molecule has 0 saturated heterocycles. The van der Waals surface area contributed by atoms with Crippen molar-refractivity contribution in [3.05, 3.63) is 57.5 Å². The highest BCUT2D eigenvalue weighted by Crippen LogP contribution is 2.31. The van der Waals surface area contributed by atoms with Gasteiger partial charge in [-0.25, -0.2) is 4.39 Å². The highest BCUT2D eigenvalue weighted by Gasteiger charge is 2.29. The molecule has 3 rings (SSSR count). The van der Waals surface area contributed by atoms with Crippen molar-refractivity contribution in [1.82, 2.24) is 4.90 Å². The quantitative estimate of drug-likeness (QED) is 0.823. The molecular formula is C16H17FN2S2. The summed E-state index contributed by atoms with van der Waals surface area (Å²) in [6, 6.07) is 7.38. The molecule has 1 aromatic heterocycles. The average molecular weight is 320 g/mol. The summed E-state index contributed by atoms with van der Waals surface area (Å²) in [6.07, 6.45) is 2.42. The Kier molecular flexibility index (Phi) is 4.33. The largest absolute Gasteiger partial charge is 0.389 e. The number of hydrogen-bond donors (Lipinski definition) is 1. The SMILES string of the molecule is NC(=S)c1ccc(F)cc1CN(Cc1ccsc1)C1CC1. The Morgan fingerprint density at radius 2 is 2.14 bits per heavy atom. The maximum Gasteiger partial charge on any atom is 0.123 e. The Morgan fingerprint density at radius 1 is 1.33 bits per heavy atom. The maximum atomic E-state index is 13.6. The van der Waals surface area contributed by atoms with Gasteiger partial charge >= 0.3 is 0 Å². The second-order valence-electron chi connectivity index (χ2n) is 5.43. The maximum absolute atomic E-state index is 13.6. The van der Waals surface area contributed by atoms with Crippen molar-refractivity contribution in [2.24, 2.45) is 5.73 Å². The van der Waals surface area contributed by atoms with Crippen LogP contribution in [-0.2, 0) is 13.1 Å². The molecule has 2 N–H and O–H groups in total. The summed E-state index contributed by atoms with van der Waals surface area (Å²) < 4.78 is 13.6. The smallest absolute Gasteiger partial charge is 0.123 e. The first-order chi connectivity index (χ1) is 10.1. The first-order valence-corrected chi connectivity index (χ1v) is 8.32. The van der Waals surface area contributed by atoms with Gasteiger partial charge in [-0.15, -0.1) is 0 Å². The molecule has 1 heterocycles. The minimum Gasteiger partial charge on any atom is -0.389 e. The van der Waals surface area contributed by atoms with Crippen LogP contribution in [0.2, 0.25) is 0 Å². The van der Waals surface area contributed by atoms with Gasteiger partial charge in [0, 0.05) is 24.7 Å². The van der Waals surface area contributed by atoms with Crippen LogP contribution in [0.5, 0.6) is 0 Å². The van der Waals surface area contributed by atoms with Gasteiger partial charge in [0.25, 0.3) is 0 Å². The zero-order valence-corrected chi connectivity index (χ0v) is 13.2. The van der Waals surface area contributed by atoms with E-state index in [-0.39, 0.29) is 5.82 Å². The lowest BCUT2D eigenvalue weighted by molar-refractivity contribution is 0.245. The van der Waals surface area contributed by atoms with Crippen LogP contribution >= 0.6 is 23.6 Å². The average Bonchev–Trinajstić information content (AvgIpc) is 3.16. The van der Waals surface area contributed by atoms with Gasteiger partial charge in [-0.3, -0.25) is 4.90 Å². The minimum absolute atomic E-state index is 0.240. The summed E-state index contributed by atoms with van der Waals surface area (Å²) in [4.78, 5) is 2.72. The molecule has 1 aromatic carbocycles. The van der Waals surface area contributed by atoms with Crippen LogP contribution in [0.25, 0.3) is 0 Å². The number of nitrogens with zero attached hydrogens (tertiary/aromatic N) is 1. The van der Waals surface area contributed by atoms with Crippen LogP contribution in [0, 0.1) is 5.82 Å². The Hall–Kier alpha value is -1.30. The molecule has 2 nitrogen and oxygen atoms in total. The fourth-order valence-corrected chi connectivity index (χ4v) is 3.38. The van der Waals surface area contributed by atoms with E-state index in [1.807, 2.05) is 0 Å². The van der Waals surface area contributed by atoms with E-state index in [2.05, 4.69) is 21.7 Å². The van der Waals surface area contributed by atoms with E-state index in [1.54, 1.807) is 23.5 Å². The zero-order chi connectivity index (χ0) is 14.8. The van der Waals surface area contributed by atoms with Crippen molar-refractivity contribution in [3.8, 4) is 0 Å². The van der Waals surface area contributed by atoms with Gasteiger partial charge in [-0.05, 0) is 59.0 Å². The van der Waals surface area contributed by atoms with E-state index in [9.17, 15) is 4.39 Å². The fraction of sp³-hybridized carbons (Fsp3) is 0.312. The predicted molar refractivity (Wildman–Crippen MR) is 88.9 cm³/mol. The highest BCUT2D eigenvalue weighted by atomic mass is 32.1. The third-order valence-corrected chi connectivity index (χ3v) is 4.69. The normalized spacial score (nSPS) is 14.6. The number of thiophene rings is 1. The molecule has 0 radical (unpaired) electrons. The molecule has 2 aromatic rings. The molecule has 0 amide bonds. The molecule has 0 spiro atoms. The lowest BCUT2D eigenvalue weighted by Crippen LogP contribution is -2.26. The van der Waals surface area contributed by atoms with Gasteiger partial charge in [0.15, 0.2) is 0 Å². The van der Waals surface area contributed by atoms with Gasteiger partial charge < -0.3 is 5.73 Å². The number of thiocarbonyl (C=S) groups is 1. The molecule has 1 aliphatic carbocycles. The van der Waals surface area contributed by atoms with Crippen molar-refractivity contribution in [2.45, 2.75) is 32.0 Å². The Bertz CT molecular complexity index is 636. The van der Waals surface area contributed by atoms with E-state index in [4.69, 9.17) is 18.0 Å². The molecule has 1 fully saturated rings. The van der Waals surface area contributed by atoms with Crippen molar-refractivity contribution in [2.75, 3.05) is 0 Å². The number of hydrogen-bond acceptors (Lipinski definition) is 3. The van der Waals surface area contributed by atoms with Crippen LogP contribution in [-0.4, -0.2) is 15.9 Å². The van der Waals surface area contributed by atoms with Crippen LogP contribution in [0.1, 0.15) is 29.5 Å². The van der Waals surface area contributed by atoms with E-state index in [0.29, 0.717) is 17.6 Å². The monoisotopic (exact) mass is 320 g/mol. The third kappa shape index (κ3) is 3.67. The summed E-state index contributed by atoms with van der Waals surface area (Å²) in [5.74, 6) is -0.240. The number of halogens is 1. The van der Waals surface area contributed by atoms with Crippen LogP contribution in [0.3, 0.4) is 0 Å². The molecule has 21 heavy (non-hydrogen) atoms. The van der Waals surface area contributed by atoms with Crippen LogP contribution in [0.4, 0.5) is 4.39 Å². The molecule has 0 aliphatic heterocycles. The van der Waals surface area contributed by atoms with Crippen molar-refractivity contribution in [3.63, 3.8) is 0 Å². The topological polar surface area (TPSA) is 29.3 Å².